The van der Waals surface area contributed by atoms with E-state index in [1.165, 1.54) is 0 Å². The lowest BCUT2D eigenvalue weighted by atomic mass is 10.2. The molecule has 0 radical (unpaired) electrons. The first-order chi connectivity index (χ1) is 9.69. The molecule has 0 amide bonds. The average Bonchev–Trinajstić information content (AvgIpc) is 2.96. The molecule has 8 heteroatoms. The van der Waals surface area contributed by atoms with Crippen molar-refractivity contribution in [2.75, 3.05) is 23.7 Å². The van der Waals surface area contributed by atoms with Crippen LogP contribution in [0.5, 0.6) is 0 Å². The summed E-state index contributed by atoms with van der Waals surface area (Å²) in [6.45, 7) is 3.12. The van der Waals surface area contributed by atoms with Crippen molar-refractivity contribution in [3.05, 3.63) is 27.7 Å². The van der Waals surface area contributed by atoms with Gasteiger partial charge in [-0.2, -0.15) is 26.3 Å². The van der Waals surface area contributed by atoms with Crippen LogP contribution in [0.2, 0.25) is 5.28 Å². The van der Waals surface area contributed by atoms with Gasteiger partial charge in [0.25, 0.3) is 0 Å². The van der Waals surface area contributed by atoms with Gasteiger partial charge in [-0.05, 0) is 40.4 Å². The van der Waals surface area contributed by atoms with Gasteiger partial charge in [0.2, 0.25) is 17.2 Å². The lowest BCUT2D eigenvalue weighted by Gasteiger charge is -2.11. The Labute approximate surface area is 126 Å². The van der Waals surface area contributed by atoms with Crippen LogP contribution in [0.15, 0.2) is 16.8 Å². The van der Waals surface area contributed by atoms with E-state index >= 15 is 0 Å². The third-order valence-electron chi connectivity index (χ3n) is 2.52. The van der Waals surface area contributed by atoms with Crippen LogP contribution in [-0.2, 0) is 0 Å². The summed E-state index contributed by atoms with van der Waals surface area (Å²) in [4.78, 5) is 12.1. The van der Waals surface area contributed by atoms with Gasteiger partial charge in [-0.3, -0.25) is 0 Å². The summed E-state index contributed by atoms with van der Waals surface area (Å²) in [5.74, 6) is 0.775. The van der Waals surface area contributed by atoms with Gasteiger partial charge in [-0.15, -0.1) is 0 Å². The van der Waals surface area contributed by atoms with E-state index in [4.69, 9.17) is 11.6 Å². The largest absolute Gasteiger partial charge is 0.387 e. The number of aliphatic hydroxyl groups is 1. The number of halogens is 1. The highest BCUT2D eigenvalue weighted by Gasteiger charge is 2.10. The van der Waals surface area contributed by atoms with Gasteiger partial charge >= 0.3 is 0 Å². The van der Waals surface area contributed by atoms with E-state index in [0.717, 1.165) is 18.5 Å². The summed E-state index contributed by atoms with van der Waals surface area (Å²) < 4.78 is 0. The summed E-state index contributed by atoms with van der Waals surface area (Å²) in [5, 5.41) is 19.9. The van der Waals surface area contributed by atoms with Crippen LogP contribution < -0.4 is 10.6 Å². The number of nitrogens with zero attached hydrogens (tertiary/aromatic N) is 3. The summed E-state index contributed by atoms with van der Waals surface area (Å²) in [6, 6.07) is 1.88. The number of thiophene rings is 1. The standard InChI is InChI=1S/C12H16ClN5OS/c1-2-4-14-11-16-10(13)17-12(18-11)15-6-9(19)8-3-5-20-7-8/h3,5,7,9,19H,2,4,6H2,1H3,(H2,14,15,16,17,18). The average molecular weight is 314 g/mol. The smallest absolute Gasteiger partial charge is 0.228 e. The predicted octanol–water partition coefficient (Wildman–Crippen LogP) is 2.55. The molecule has 0 fully saturated rings. The first-order valence-corrected chi connectivity index (χ1v) is 7.60. The maximum absolute atomic E-state index is 9.98. The zero-order valence-corrected chi connectivity index (χ0v) is 12.6. The van der Waals surface area contributed by atoms with E-state index in [1.54, 1.807) is 11.3 Å². The summed E-state index contributed by atoms with van der Waals surface area (Å²) in [5.41, 5.74) is 0.868. The number of rotatable bonds is 7. The van der Waals surface area contributed by atoms with Gasteiger partial charge in [-0.25, -0.2) is 0 Å². The van der Waals surface area contributed by atoms with Crippen molar-refractivity contribution in [3.8, 4) is 0 Å². The van der Waals surface area contributed by atoms with Gasteiger partial charge in [0.1, 0.15) is 0 Å². The van der Waals surface area contributed by atoms with Crippen molar-refractivity contribution >= 4 is 34.8 Å². The number of aromatic nitrogens is 3. The van der Waals surface area contributed by atoms with Crippen LogP contribution in [0.4, 0.5) is 11.9 Å². The fraction of sp³-hybridized carbons (Fsp3) is 0.417. The maximum Gasteiger partial charge on any atom is 0.228 e. The monoisotopic (exact) mass is 313 g/mol. The van der Waals surface area contributed by atoms with Crippen LogP contribution in [0.3, 0.4) is 0 Å². The number of anilines is 2. The number of hydrogen-bond donors (Lipinski definition) is 3. The third-order valence-corrected chi connectivity index (χ3v) is 3.39. The highest BCUT2D eigenvalue weighted by molar-refractivity contribution is 7.07. The molecular formula is C12H16ClN5OS. The van der Waals surface area contributed by atoms with Gasteiger partial charge in [-0.1, -0.05) is 6.92 Å². The number of nitrogens with one attached hydrogen (secondary N) is 2. The van der Waals surface area contributed by atoms with Crippen molar-refractivity contribution in [2.45, 2.75) is 19.4 Å². The predicted molar refractivity (Wildman–Crippen MR) is 81.4 cm³/mol. The first-order valence-electron chi connectivity index (χ1n) is 6.28. The first kappa shape index (κ1) is 15.0. The maximum atomic E-state index is 9.98. The fourth-order valence-corrected chi connectivity index (χ4v) is 2.38. The molecule has 2 aromatic heterocycles. The molecule has 1 unspecified atom stereocenters. The molecule has 0 bridgehead atoms. The van der Waals surface area contributed by atoms with E-state index in [1.807, 2.05) is 23.8 Å². The molecule has 2 aromatic rings. The quantitative estimate of drug-likeness (QED) is 0.728. The molecular weight excluding hydrogens is 298 g/mol. The lowest BCUT2D eigenvalue weighted by Crippen LogP contribution is -2.15. The summed E-state index contributed by atoms with van der Waals surface area (Å²) >= 11 is 7.38. The molecule has 0 saturated heterocycles. The van der Waals surface area contributed by atoms with Crippen molar-refractivity contribution in [2.24, 2.45) is 0 Å². The van der Waals surface area contributed by atoms with Crippen molar-refractivity contribution in [3.63, 3.8) is 0 Å². The molecule has 3 N–H and O–H groups in total. The van der Waals surface area contributed by atoms with Crippen LogP contribution in [0.25, 0.3) is 0 Å². The Balaban J connectivity index is 1.96. The summed E-state index contributed by atoms with van der Waals surface area (Å²) in [7, 11) is 0. The lowest BCUT2D eigenvalue weighted by molar-refractivity contribution is 0.192. The van der Waals surface area contributed by atoms with Crippen LogP contribution >= 0.6 is 22.9 Å². The molecule has 0 aliphatic heterocycles. The second-order valence-corrected chi connectivity index (χ2v) is 5.25. The molecule has 0 spiro atoms. The molecule has 20 heavy (non-hydrogen) atoms. The van der Waals surface area contributed by atoms with E-state index < -0.39 is 6.10 Å². The van der Waals surface area contributed by atoms with Gasteiger partial charge < -0.3 is 15.7 Å². The van der Waals surface area contributed by atoms with Crippen LogP contribution in [-0.4, -0.2) is 33.1 Å². The fourth-order valence-electron chi connectivity index (χ4n) is 1.52. The second-order valence-electron chi connectivity index (χ2n) is 4.13. The molecule has 0 aliphatic carbocycles. The van der Waals surface area contributed by atoms with Crippen molar-refractivity contribution in [1.82, 2.24) is 15.0 Å². The zero-order valence-electron chi connectivity index (χ0n) is 11.0. The SMILES string of the molecule is CCCNc1nc(Cl)nc(NCC(O)c2ccsc2)n1. The number of hydrogen-bond acceptors (Lipinski definition) is 7. The van der Waals surface area contributed by atoms with E-state index in [2.05, 4.69) is 25.6 Å². The number of aliphatic hydroxyl groups excluding tert-OH is 1. The van der Waals surface area contributed by atoms with E-state index in [-0.39, 0.29) is 5.28 Å². The molecule has 2 rings (SSSR count). The molecule has 2 heterocycles. The minimum atomic E-state index is -0.608. The molecule has 108 valence electrons. The molecule has 6 nitrogen and oxygen atoms in total. The Morgan fingerprint density at radius 1 is 1.30 bits per heavy atom. The summed E-state index contributed by atoms with van der Waals surface area (Å²) in [6.07, 6.45) is 0.354. The highest BCUT2D eigenvalue weighted by Crippen LogP contribution is 2.17. The zero-order chi connectivity index (χ0) is 14.4. The Kier molecular flexibility index (Phi) is 5.51. The van der Waals surface area contributed by atoms with Gasteiger partial charge in [0, 0.05) is 13.1 Å². The van der Waals surface area contributed by atoms with Crippen molar-refractivity contribution < 1.29 is 5.11 Å². The second kappa shape index (κ2) is 7.37. The van der Waals surface area contributed by atoms with Crippen LogP contribution in [0, 0.1) is 0 Å². The van der Waals surface area contributed by atoms with E-state index in [0.29, 0.717) is 18.4 Å². The Hall–Kier alpha value is -1.44. The topological polar surface area (TPSA) is 83.0 Å². The normalized spacial score (nSPS) is 12.2. The Morgan fingerprint density at radius 3 is 2.70 bits per heavy atom. The van der Waals surface area contributed by atoms with Crippen molar-refractivity contribution in [1.29, 1.82) is 0 Å². The molecule has 0 aromatic carbocycles. The Bertz CT molecular complexity index is 537. The van der Waals surface area contributed by atoms with Crippen LogP contribution in [0.1, 0.15) is 25.0 Å². The van der Waals surface area contributed by atoms with Gasteiger partial charge in [0.05, 0.1) is 6.10 Å². The van der Waals surface area contributed by atoms with Gasteiger partial charge in [0.15, 0.2) is 0 Å². The molecule has 0 aliphatic rings. The molecule has 0 saturated carbocycles. The third kappa shape index (κ3) is 4.29. The molecule has 1 atom stereocenters. The highest BCUT2D eigenvalue weighted by atomic mass is 35.5. The minimum absolute atomic E-state index is 0.117. The minimum Gasteiger partial charge on any atom is -0.387 e. The van der Waals surface area contributed by atoms with E-state index in [9.17, 15) is 5.11 Å². The Morgan fingerprint density at radius 2 is 2.05 bits per heavy atom.